The highest BCUT2D eigenvalue weighted by atomic mass is 16.5. The molecule has 0 unspecified atom stereocenters. The van der Waals surface area contributed by atoms with E-state index in [0.29, 0.717) is 45.4 Å². The number of carbonyl (C=O) groups excluding carboxylic acids is 2. The van der Waals surface area contributed by atoms with Crippen molar-refractivity contribution in [2.45, 2.75) is 19.8 Å². The number of ketones is 1. The van der Waals surface area contributed by atoms with Gasteiger partial charge in [-0.3, -0.25) is 9.59 Å². The lowest BCUT2D eigenvalue weighted by molar-refractivity contribution is -0.135. The van der Waals surface area contributed by atoms with Crippen molar-refractivity contribution < 1.29 is 33.3 Å². The summed E-state index contributed by atoms with van der Waals surface area (Å²) in [4.78, 5) is 24.9. The highest BCUT2D eigenvalue weighted by Gasteiger charge is 2.34. The second-order valence-corrected chi connectivity index (χ2v) is 7.17. The molecule has 1 saturated carbocycles. The Kier molecular flexibility index (Phi) is 5.11. The zero-order valence-electron chi connectivity index (χ0n) is 17.2. The first-order valence-corrected chi connectivity index (χ1v) is 9.56. The van der Waals surface area contributed by atoms with Crippen LogP contribution < -0.4 is 23.7 Å². The van der Waals surface area contributed by atoms with E-state index < -0.39 is 0 Å². The summed E-state index contributed by atoms with van der Waals surface area (Å²) in [6.45, 7) is 1.79. The van der Waals surface area contributed by atoms with E-state index in [4.69, 9.17) is 23.7 Å². The van der Waals surface area contributed by atoms with Gasteiger partial charge >= 0.3 is 5.97 Å². The Morgan fingerprint density at radius 2 is 1.80 bits per heavy atom. The van der Waals surface area contributed by atoms with E-state index in [1.54, 1.807) is 37.3 Å². The van der Waals surface area contributed by atoms with Gasteiger partial charge in [0.1, 0.15) is 11.5 Å². The Bertz CT molecular complexity index is 1060. The van der Waals surface area contributed by atoms with Crippen molar-refractivity contribution in [1.29, 1.82) is 0 Å². The Hall–Kier alpha value is -3.48. The van der Waals surface area contributed by atoms with E-state index in [1.165, 1.54) is 21.3 Å². The number of benzene rings is 2. The molecule has 1 aliphatic heterocycles. The van der Waals surface area contributed by atoms with Gasteiger partial charge in [-0.2, -0.15) is 0 Å². The molecule has 0 atom stereocenters. The summed E-state index contributed by atoms with van der Waals surface area (Å²) in [7, 11) is 4.56. The van der Waals surface area contributed by atoms with E-state index in [1.807, 2.05) is 0 Å². The predicted molar refractivity (Wildman–Crippen MR) is 109 cm³/mol. The fraction of sp³-hybridized carbons (Fsp3) is 0.304. The van der Waals surface area contributed by atoms with E-state index in [-0.39, 0.29) is 23.4 Å². The number of carbonyl (C=O) groups is 2. The average Bonchev–Trinajstić information content (AvgIpc) is 3.53. The van der Waals surface area contributed by atoms with Gasteiger partial charge in [-0.05, 0) is 49.6 Å². The van der Waals surface area contributed by atoms with E-state index >= 15 is 0 Å². The molecule has 0 aromatic heterocycles. The molecule has 2 aromatic carbocycles. The lowest BCUT2D eigenvalue weighted by Crippen LogP contribution is -2.10. The van der Waals surface area contributed by atoms with Crippen LogP contribution in [0.3, 0.4) is 0 Å². The molecule has 2 aromatic rings. The number of ether oxygens (including phenoxy) is 5. The molecule has 0 saturated heterocycles. The molecule has 4 rings (SSSR count). The summed E-state index contributed by atoms with van der Waals surface area (Å²) in [6, 6.07) is 6.73. The van der Waals surface area contributed by atoms with Gasteiger partial charge in [-0.25, -0.2) is 0 Å². The number of fused-ring (bicyclic) bond motifs is 1. The Morgan fingerprint density at radius 1 is 1.07 bits per heavy atom. The van der Waals surface area contributed by atoms with Gasteiger partial charge in [0.25, 0.3) is 0 Å². The minimum absolute atomic E-state index is 0.0194. The minimum Gasteiger partial charge on any atom is -0.493 e. The van der Waals surface area contributed by atoms with Crippen molar-refractivity contribution in [2.24, 2.45) is 5.92 Å². The molecular weight excluding hydrogens is 388 g/mol. The Morgan fingerprint density at radius 3 is 2.43 bits per heavy atom. The number of esters is 1. The summed E-state index contributed by atoms with van der Waals surface area (Å²) < 4.78 is 27.4. The number of rotatable bonds is 6. The lowest BCUT2D eigenvalue weighted by atomic mass is 10.0. The first-order valence-electron chi connectivity index (χ1n) is 9.56. The van der Waals surface area contributed by atoms with Gasteiger partial charge in [-0.15, -0.1) is 0 Å². The van der Waals surface area contributed by atoms with Gasteiger partial charge < -0.3 is 23.7 Å². The molecule has 2 aliphatic rings. The molecule has 156 valence electrons. The monoisotopic (exact) mass is 410 g/mol. The van der Waals surface area contributed by atoms with Crippen LogP contribution in [-0.2, 0) is 4.79 Å². The van der Waals surface area contributed by atoms with Crippen molar-refractivity contribution in [3.63, 3.8) is 0 Å². The van der Waals surface area contributed by atoms with E-state index in [9.17, 15) is 9.59 Å². The molecule has 0 N–H and O–H groups in total. The van der Waals surface area contributed by atoms with Crippen LogP contribution in [0.1, 0.15) is 34.3 Å². The highest BCUT2D eigenvalue weighted by Crippen LogP contribution is 2.43. The molecule has 30 heavy (non-hydrogen) atoms. The number of allylic oxidation sites excluding steroid dienone is 1. The summed E-state index contributed by atoms with van der Waals surface area (Å²) in [5.74, 6) is 1.72. The highest BCUT2D eigenvalue weighted by molar-refractivity contribution is 6.15. The molecule has 0 amide bonds. The molecule has 1 heterocycles. The van der Waals surface area contributed by atoms with Crippen LogP contribution in [0.15, 0.2) is 30.0 Å². The van der Waals surface area contributed by atoms with E-state index in [0.717, 1.165) is 12.8 Å². The third kappa shape index (κ3) is 3.47. The summed E-state index contributed by atoms with van der Waals surface area (Å²) in [5.41, 5.74) is 1.73. The van der Waals surface area contributed by atoms with Crippen LogP contribution in [0, 0.1) is 12.8 Å². The molecular formula is C23H22O7. The lowest BCUT2D eigenvalue weighted by Gasteiger charge is -2.14. The van der Waals surface area contributed by atoms with Crippen molar-refractivity contribution in [3.8, 4) is 28.7 Å². The molecule has 7 heteroatoms. The molecule has 1 aliphatic carbocycles. The standard InChI is InChI=1S/C23H22O7/c1-12-9-15(29-23(25)13-5-6-13)11-17-19(12)20(24)18(30-17)10-14-7-8-16(26-2)22(28-4)21(14)27-3/h7-11,13H,5-6H2,1-4H3/b18-10-. The fourth-order valence-corrected chi connectivity index (χ4v) is 3.43. The van der Waals surface area contributed by atoms with Crippen LogP contribution in [0.25, 0.3) is 6.08 Å². The molecule has 0 bridgehead atoms. The van der Waals surface area contributed by atoms with Crippen LogP contribution in [-0.4, -0.2) is 33.1 Å². The van der Waals surface area contributed by atoms with Crippen LogP contribution in [0.5, 0.6) is 28.7 Å². The smallest absolute Gasteiger partial charge is 0.314 e. The predicted octanol–water partition coefficient (Wildman–Crippen LogP) is 3.95. The minimum atomic E-state index is -0.251. The van der Waals surface area contributed by atoms with Crippen molar-refractivity contribution in [3.05, 3.63) is 46.7 Å². The van der Waals surface area contributed by atoms with Crippen molar-refractivity contribution >= 4 is 17.8 Å². The summed E-state index contributed by atoms with van der Waals surface area (Å²) in [6.07, 6.45) is 3.31. The van der Waals surface area contributed by atoms with Gasteiger partial charge in [0.2, 0.25) is 11.5 Å². The van der Waals surface area contributed by atoms with Gasteiger partial charge in [-0.1, -0.05) is 0 Å². The summed E-state index contributed by atoms with van der Waals surface area (Å²) in [5, 5.41) is 0. The maximum absolute atomic E-state index is 13.0. The largest absolute Gasteiger partial charge is 0.493 e. The quantitative estimate of drug-likeness (QED) is 0.405. The second kappa shape index (κ2) is 7.74. The zero-order chi connectivity index (χ0) is 21.4. The molecule has 0 radical (unpaired) electrons. The number of methoxy groups -OCH3 is 3. The number of Topliss-reactive ketones (excluding diaryl/α,β-unsaturated/α-hetero) is 1. The summed E-state index contributed by atoms with van der Waals surface area (Å²) >= 11 is 0. The van der Waals surface area contributed by atoms with Gasteiger partial charge in [0, 0.05) is 11.6 Å². The Labute approximate surface area is 174 Å². The molecule has 1 fully saturated rings. The third-order valence-electron chi connectivity index (χ3n) is 5.09. The third-order valence-corrected chi connectivity index (χ3v) is 5.09. The average molecular weight is 410 g/mol. The SMILES string of the molecule is COc1ccc(/C=C2\Oc3cc(OC(=O)C4CC4)cc(C)c3C2=O)c(OC)c1OC. The van der Waals surface area contributed by atoms with Crippen molar-refractivity contribution in [2.75, 3.05) is 21.3 Å². The fourth-order valence-electron chi connectivity index (χ4n) is 3.43. The molecule has 7 nitrogen and oxygen atoms in total. The number of hydrogen-bond acceptors (Lipinski definition) is 7. The van der Waals surface area contributed by atoms with Gasteiger partial charge in [0.15, 0.2) is 17.3 Å². The van der Waals surface area contributed by atoms with Crippen LogP contribution in [0.2, 0.25) is 0 Å². The number of hydrogen-bond donors (Lipinski definition) is 0. The molecule has 0 spiro atoms. The van der Waals surface area contributed by atoms with E-state index in [2.05, 4.69) is 0 Å². The zero-order valence-corrected chi connectivity index (χ0v) is 17.2. The topological polar surface area (TPSA) is 80.3 Å². The van der Waals surface area contributed by atoms with Crippen molar-refractivity contribution in [1.82, 2.24) is 0 Å². The normalized spacial score (nSPS) is 16.1. The maximum Gasteiger partial charge on any atom is 0.314 e. The van der Waals surface area contributed by atoms with Gasteiger partial charge in [0.05, 0.1) is 32.8 Å². The van der Waals surface area contributed by atoms with Crippen LogP contribution in [0.4, 0.5) is 0 Å². The second-order valence-electron chi connectivity index (χ2n) is 7.17. The first-order chi connectivity index (χ1) is 14.5. The number of aryl methyl sites for hydroxylation is 1. The van der Waals surface area contributed by atoms with Crippen LogP contribution >= 0.6 is 0 Å². The first kappa shape index (κ1) is 19.8. The Balaban J connectivity index is 1.68. The maximum atomic E-state index is 13.0.